The molecule has 0 radical (unpaired) electrons. The second kappa shape index (κ2) is 10.00. The van der Waals surface area contributed by atoms with Gasteiger partial charge in [-0.1, -0.05) is 6.07 Å². The summed E-state index contributed by atoms with van der Waals surface area (Å²) in [5.74, 6) is -0.961. The van der Waals surface area contributed by atoms with E-state index in [1.165, 1.54) is 11.8 Å². The number of halogens is 1. The van der Waals surface area contributed by atoms with E-state index in [0.717, 1.165) is 23.8 Å². The van der Waals surface area contributed by atoms with Gasteiger partial charge >= 0.3 is 0 Å². The highest BCUT2D eigenvalue weighted by atomic mass is 19.1. The number of nitrogens with zero attached hydrogens (tertiary/aromatic N) is 4. The summed E-state index contributed by atoms with van der Waals surface area (Å²) in [6.45, 7) is 1.85. The van der Waals surface area contributed by atoms with Gasteiger partial charge in [-0.3, -0.25) is 19.9 Å². The Morgan fingerprint density at radius 1 is 1.20 bits per heavy atom. The molecule has 0 unspecified atom stereocenters. The largest absolute Gasteiger partial charge is 0.497 e. The fourth-order valence-corrected chi connectivity index (χ4v) is 3.27. The fourth-order valence-electron chi connectivity index (χ4n) is 3.27. The molecule has 0 aliphatic rings. The second-order valence-electron chi connectivity index (χ2n) is 7.41. The molecule has 0 bridgehead atoms. The highest BCUT2D eigenvalue weighted by molar-refractivity contribution is 5.94. The lowest BCUT2D eigenvalue weighted by Crippen LogP contribution is -2.24. The standard InChI is InChI=1S/C24H20FN5O5/c1-15-22(23(31)27-14-16-4-3-11-26-13-16)28-29(17-5-8-19(34-2)9-6-17)24(15)35-21-10-7-18(30(32)33)12-20(21)25/h3-13H,14H2,1-2H3,(H,27,31). The van der Waals surface area contributed by atoms with Crippen LogP contribution < -0.4 is 14.8 Å². The normalized spacial score (nSPS) is 10.6. The Morgan fingerprint density at radius 2 is 1.97 bits per heavy atom. The molecule has 0 saturated carbocycles. The third-order valence-corrected chi connectivity index (χ3v) is 5.11. The van der Waals surface area contributed by atoms with Crippen LogP contribution in [0.4, 0.5) is 10.1 Å². The van der Waals surface area contributed by atoms with E-state index in [1.807, 2.05) is 6.07 Å². The molecule has 0 fully saturated rings. The number of rotatable bonds is 8. The van der Waals surface area contributed by atoms with Gasteiger partial charge in [0.15, 0.2) is 17.3 Å². The van der Waals surface area contributed by atoms with Crippen LogP contribution in [0.25, 0.3) is 5.69 Å². The lowest BCUT2D eigenvalue weighted by Gasteiger charge is -2.11. The number of amides is 1. The van der Waals surface area contributed by atoms with Gasteiger partial charge in [-0.25, -0.2) is 4.39 Å². The molecular weight excluding hydrogens is 457 g/mol. The van der Waals surface area contributed by atoms with E-state index < -0.39 is 22.3 Å². The first-order valence-corrected chi connectivity index (χ1v) is 10.4. The second-order valence-corrected chi connectivity index (χ2v) is 7.41. The summed E-state index contributed by atoms with van der Waals surface area (Å²) in [7, 11) is 1.53. The highest BCUT2D eigenvalue weighted by Crippen LogP contribution is 2.33. The van der Waals surface area contributed by atoms with E-state index in [0.29, 0.717) is 17.0 Å². The predicted molar refractivity (Wildman–Crippen MR) is 123 cm³/mol. The number of benzene rings is 2. The fraction of sp³-hybridized carbons (Fsp3) is 0.125. The Labute approximate surface area is 199 Å². The van der Waals surface area contributed by atoms with Crippen molar-refractivity contribution < 1.29 is 23.6 Å². The summed E-state index contributed by atoms with van der Waals surface area (Å²) in [4.78, 5) is 27.2. The van der Waals surface area contributed by atoms with Gasteiger partial charge in [0, 0.05) is 30.6 Å². The Morgan fingerprint density at radius 3 is 2.60 bits per heavy atom. The minimum absolute atomic E-state index is 0.0713. The number of nitrogens with one attached hydrogen (secondary N) is 1. The van der Waals surface area contributed by atoms with Crippen molar-refractivity contribution in [3.63, 3.8) is 0 Å². The number of hydrogen-bond donors (Lipinski definition) is 1. The number of pyridine rings is 1. The van der Waals surface area contributed by atoms with E-state index in [4.69, 9.17) is 9.47 Å². The zero-order valence-corrected chi connectivity index (χ0v) is 18.8. The molecule has 2 aromatic heterocycles. The monoisotopic (exact) mass is 477 g/mol. The molecule has 35 heavy (non-hydrogen) atoms. The van der Waals surface area contributed by atoms with Gasteiger partial charge in [-0.05, 0) is 48.9 Å². The molecule has 1 amide bonds. The maximum Gasteiger partial charge on any atom is 0.272 e. The van der Waals surface area contributed by atoms with Gasteiger partial charge in [0.1, 0.15) is 5.75 Å². The van der Waals surface area contributed by atoms with Crippen LogP contribution in [0.2, 0.25) is 0 Å². The summed E-state index contributed by atoms with van der Waals surface area (Å²) < 4.78 is 26.9. The number of non-ortho nitro benzene ring substituents is 1. The minimum Gasteiger partial charge on any atom is -0.497 e. The molecule has 0 aliphatic carbocycles. The summed E-state index contributed by atoms with van der Waals surface area (Å²) in [6, 6.07) is 13.4. The summed E-state index contributed by atoms with van der Waals surface area (Å²) in [5.41, 5.74) is 1.34. The smallest absolute Gasteiger partial charge is 0.272 e. The van der Waals surface area contributed by atoms with E-state index in [1.54, 1.807) is 49.6 Å². The van der Waals surface area contributed by atoms with E-state index in [9.17, 15) is 19.3 Å². The minimum atomic E-state index is -0.927. The zero-order valence-electron chi connectivity index (χ0n) is 18.8. The number of carbonyl (C=O) groups is 1. The first-order valence-electron chi connectivity index (χ1n) is 10.4. The first kappa shape index (κ1) is 23.4. The third-order valence-electron chi connectivity index (χ3n) is 5.11. The molecule has 2 aromatic carbocycles. The molecule has 0 saturated heterocycles. The Balaban J connectivity index is 1.71. The molecule has 178 valence electrons. The molecular formula is C24H20FN5O5. The summed E-state index contributed by atoms with van der Waals surface area (Å²) in [5, 5.41) is 18.1. The van der Waals surface area contributed by atoms with Crippen molar-refractivity contribution in [2.24, 2.45) is 0 Å². The molecule has 10 nitrogen and oxygen atoms in total. The number of ether oxygens (including phenoxy) is 2. The number of hydrogen-bond acceptors (Lipinski definition) is 7. The van der Waals surface area contributed by atoms with Crippen molar-refractivity contribution in [2.45, 2.75) is 13.5 Å². The van der Waals surface area contributed by atoms with Crippen LogP contribution in [0.3, 0.4) is 0 Å². The number of nitro groups is 1. The molecule has 0 spiro atoms. The zero-order chi connectivity index (χ0) is 24.9. The molecule has 2 heterocycles. The van der Waals surface area contributed by atoms with Gasteiger partial charge in [-0.2, -0.15) is 9.78 Å². The molecule has 4 rings (SSSR count). The number of nitro benzene ring substituents is 1. The van der Waals surface area contributed by atoms with Crippen molar-refractivity contribution in [3.8, 4) is 23.1 Å². The van der Waals surface area contributed by atoms with Crippen LogP contribution in [0, 0.1) is 22.9 Å². The molecule has 1 N–H and O–H groups in total. The molecule has 4 aromatic rings. The van der Waals surface area contributed by atoms with Crippen LogP contribution >= 0.6 is 0 Å². The average molecular weight is 477 g/mol. The third kappa shape index (κ3) is 5.08. The first-order chi connectivity index (χ1) is 16.9. The van der Waals surface area contributed by atoms with Crippen molar-refractivity contribution in [2.75, 3.05) is 7.11 Å². The van der Waals surface area contributed by atoms with Gasteiger partial charge in [-0.15, -0.1) is 0 Å². The topological polar surface area (TPSA) is 121 Å². The molecule has 0 aliphatic heterocycles. The Hall–Kier alpha value is -4.80. The van der Waals surface area contributed by atoms with Crippen molar-refractivity contribution >= 4 is 11.6 Å². The quantitative estimate of drug-likeness (QED) is 0.296. The Kier molecular flexibility index (Phi) is 6.67. The average Bonchev–Trinajstić information content (AvgIpc) is 3.20. The van der Waals surface area contributed by atoms with Gasteiger partial charge < -0.3 is 14.8 Å². The van der Waals surface area contributed by atoms with Crippen LogP contribution in [-0.4, -0.2) is 32.7 Å². The number of carbonyl (C=O) groups excluding carboxylic acids is 1. The maximum absolute atomic E-state index is 14.6. The van der Waals surface area contributed by atoms with E-state index >= 15 is 0 Å². The van der Waals surface area contributed by atoms with Gasteiger partial charge in [0.2, 0.25) is 5.88 Å². The van der Waals surface area contributed by atoms with Crippen LogP contribution in [0.1, 0.15) is 21.6 Å². The van der Waals surface area contributed by atoms with Crippen molar-refractivity contribution in [3.05, 3.63) is 99.7 Å². The lowest BCUT2D eigenvalue weighted by atomic mass is 10.2. The van der Waals surface area contributed by atoms with Crippen LogP contribution in [0.15, 0.2) is 67.0 Å². The van der Waals surface area contributed by atoms with E-state index in [2.05, 4.69) is 15.4 Å². The number of methoxy groups -OCH3 is 1. The van der Waals surface area contributed by atoms with Crippen LogP contribution in [0.5, 0.6) is 17.4 Å². The lowest BCUT2D eigenvalue weighted by molar-refractivity contribution is -0.385. The van der Waals surface area contributed by atoms with Crippen molar-refractivity contribution in [1.29, 1.82) is 0 Å². The molecule has 11 heteroatoms. The van der Waals surface area contributed by atoms with E-state index in [-0.39, 0.29) is 23.9 Å². The van der Waals surface area contributed by atoms with Gasteiger partial charge in [0.25, 0.3) is 11.6 Å². The van der Waals surface area contributed by atoms with Crippen LogP contribution in [-0.2, 0) is 6.54 Å². The predicted octanol–water partition coefficient (Wildman–Crippen LogP) is 4.35. The SMILES string of the molecule is COc1ccc(-n2nc(C(=O)NCc3cccnc3)c(C)c2Oc2ccc([N+](=O)[O-])cc2F)cc1. The number of aromatic nitrogens is 3. The maximum atomic E-state index is 14.6. The summed E-state index contributed by atoms with van der Waals surface area (Å²) >= 11 is 0. The summed E-state index contributed by atoms with van der Waals surface area (Å²) in [6.07, 6.45) is 3.27. The van der Waals surface area contributed by atoms with Crippen molar-refractivity contribution in [1.82, 2.24) is 20.1 Å². The highest BCUT2D eigenvalue weighted by Gasteiger charge is 2.24. The van der Waals surface area contributed by atoms with Gasteiger partial charge in [0.05, 0.1) is 23.8 Å². The molecule has 0 atom stereocenters. The Bertz CT molecular complexity index is 1370.